The number of carbonyl (C=O) groups excluding carboxylic acids is 12. The number of thioether (sulfide) groups is 2. The standard InChI is InChI=1S/C84H108F2N16O18S2/c1-52(103)88-25-7-29-118-31-33-120-34-32-119-30-8-26-90-73(106)21-20-72(105)89-24-4-3-11-66-77(111)94-48-75(108)97-67(39-56-45-92-64-18-14-58(85)41-62(56)64)78(112)98-68(40-57-46-93-65-19-15-59(86)42-63(57)65)79(113)100-70(44-76(109)110)81(115)99-69(43-60-47-87-51-95-60)80(114)101-71(38-53-12-16-61(104)17-13-53)82(116)102-28-6-23-84(102,2)83(117)91-27-36-122-50-55-10-5-9-54(37-55)49-121-35-22-74(107)96-66/h5,9-10,12-19,37,41-42,45-47,51,66-71,92-93,104H,3-4,6-8,11,20-36,38-40,43-44,48-50H2,1-2H3,(H,87,95)(H,88,103)(H,89,105)(H,90,106)(H,91,117)(H,94,111)(H,96,107)(H,97,108)(H,98,112)(H,99,115)(H,100,113)(H,101,114)(H,109,110)/t66-,67-,68-,69-,70-,71-,84-/m0/s1. The lowest BCUT2D eigenvalue weighted by molar-refractivity contribution is -0.146. The number of nitrogens with zero attached hydrogens (tertiary/aromatic N) is 2. The average Bonchev–Trinajstić information content (AvgIpc) is 1.56. The number of benzene rings is 4. The van der Waals surface area contributed by atoms with Crippen molar-refractivity contribution < 1.29 is 95.5 Å². The first-order chi connectivity index (χ1) is 58.8. The molecule has 0 radical (unpaired) electrons. The molecule has 4 aromatic carbocycles. The van der Waals surface area contributed by atoms with Crippen LogP contribution >= 0.6 is 23.5 Å². The van der Waals surface area contributed by atoms with Gasteiger partial charge in [-0.1, -0.05) is 36.4 Å². The van der Waals surface area contributed by atoms with Gasteiger partial charge in [0, 0.05) is 161 Å². The Morgan fingerprint density at radius 2 is 1.11 bits per heavy atom. The fraction of sp³-hybridized carbons (Fsp3) is 0.476. The van der Waals surface area contributed by atoms with Crippen molar-refractivity contribution in [1.29, 1.82) is 0 Å². The van der Waals surface area contributed by atoms with Gasteiger partial charge in [0.1, 0.15) is 59.2 Å². The fourth-order valence-corrected chi connectivity index (χ4v) is 15.6. The van der Waals surface area contributed by atoms with Crippen molar-refractivity contribution in [3.8, 4) is 5.75 Å². The molecular formula is C84H108F2N16O18S2. The van der Waals surface area contributed by atoms with E-state index in [1.165, 1.54) is 103 Å². The van der Waals surface area contributed by atoms with Gasteiger partial charge in [0.15, 0.2) is 0 Å². The number of hydrogen-bond donors (Lipinski definition) is 16. The van der Waals surface area contributed by atoms with E-state index in [0.29, 0.717) is 123 Å². The molecule has 3 aromatic heterocycles. The number of rotatable bonds is 32. The largest absolute Gasteiger partial charge is 0.508 e. The third-order valence-corrected chi connectivity index (χ3v) is 22.5. The number of carbonyl (C=O) groups is 13. The van der Waals surface area contributed by atoms with E-state index in [2.05, 4.69) is 78.4 Å². The van der Waals surface area contributed by atoms with Gasteiger partial charge in [-0.25, -0.2) is 13.8 Å². The number of fused-ring (bicyclic) bond motifs is 5. The molecule has 1 saturated heterocycles. The highest BCUT2D eigenvalue weighted by atomic mass is 32.2. The van der Waals surface area contributed by atoms with E-state index in [1.54, 1.807) is 18.7 Å². The van der Waals surface area contributed by atoms with Crippen LogP contribution in [0.25, 0.3) is 21.8 Å². The Morgan fingerprint density at radius 1 is 0.574 bits per heavy atom. The van der Waals surface area contributed by atoms with Crippen LogP contribution in [0.5, 0.6) is 5.75 Å². The van der Waals surface area contributed by atoms with Crippen LogP contribution in [0.15, 0.2) is 110 Å². The van der Waals surface area contributed by atoms with Crippen LogP contribution in [0.1, 0.15) is 118 Å². The molecule has 1 fully saturated rings. The van der Waals surface area contributed by atoms with Crippen molar-refractivity contribution in [1.82, 2.24) is 83.3 Å². The number of phenolic OH excluding ortho intramolecular Hbond substituents is 1. The maximum atomic E-state index is 15.2. The van der Waals surface area contributed by atoms with Crippen LogP contribution in [0.3, 0.4) is 0 Å². The van der Waals surface area contributed by atoms with Crippen molar-refractivity contribution in [2.24, 2.45) is 0 Å². The Morgan fingerprint density at radius 3 is 1.70 bits per heavy atom. The zero-order valence-corrected chi connectivity index (χ0v) is 69.8. The lowest BCUT2D eigenvalue weighted by atomic mass is 9.95. The van der Waals surface area contributed by atoms with E-state index in [9.17, 15) is 53.4 Å². The van der Waals surface area contributed by atoms with Crippen LogP contribution in [-0.4, -0.2) is 244 Å². The van der Waals surface area contributed by atoms with Gasteiger partial charge in [-0.05, 0) is 128 Å². The monoisotopic (exact) mass is 1730 g/mol. The number of unbranched alkanes of at least 4 members (excludes halogenated alkanes) is 1. The summed E-state index contributed by atoms with van der Waals surface area (Å²) in [5.41, 5.74) is 2.58. The Kier molecular flexibility index (Phi) is 37.8. The maximum Gasteiger partial charge on any atom is 0.305 e. The minimum absolute atomic E-state index is 0.0174. The van der Waals surface area contributed by atoms with Crippen LogP contribution in [0.2, 0.25) is 0 Å². The fourth-order valence-electron chi connectivity index (χ4n) is 13.9. The van der Waals surface area contributed by atoms with Crippen molar-refractivity contribution in [2.45, 2.75) is 163 Å². The zero-order valence-electron chi connectivity index (χ0n) is 68.2. The summed E-state index contributed by atoms with van der Waals surface area (Å²) in [6.45, 7) is 6.01. The highest BCUT2D eigenvalue weighted by molar-refractivity contribution is 7.98. The number of ether oxygens (including phenoxy) is 3. The van der Waals surface area contributed by atoms with E-state index in [4.69, 9.17) is 14.2 Å². The van der Waals surface area contributed by atoms with Crippen LogP contribution in [0.4, 0.5) is 8.78 Å². The lowest BCUT2D eigenvalue weighted by Crippen LogP contribution is -2.62. The molecule has 5 heterocycles. The molecule has 2 aliphatic heterocycles. The first-order valence-electron chi connectivity index (χ1n) is 40.7. The number of nitrogens with one attached hydrogen (secondary N) is 14. The number of aromatic hydroxyl groups is 1. The van der Waals surface area contributed by atoms with Gasteiger partial charge in [-0.3, -0.25) is 62.3 Å². The molecule has 2 aliphatic rings. The molecule has 16 N–H and O–H groups in total. The summed E-state index contributed by atoms with van der Waals surface area (Å²) < 4.78 is 46.6. The SMILES string of the molecule is CC(=O)NCCCOCCOCCOCCCNC(=O)CCC(=O)NCCCC[C@@H]1NC(=O)CCSCc2cccc(c2)CSCCNC(=O)[C@]2(C)CCCN2C(=O)[C@H](Cc2ccc(O)cc2)NC(=O)[C@H](Cc2c[nH]cn2)NC(=O)[C@H](CC(=O)O)NC(=O)[C@H](Cc2c[nH]c3ccc(F)cc23)NC(=O)[C@H](Cc2c[nH]c3ccc(F)cc23)NC(=O)CNC1=O. The zero-order chi connectivity index (χ0) is 87.3. The summed E-state index contributed by atoms with van der Waals surface area (Å²) in [5.74, 6) is -9.85. The topological polar surface area (TPSA) is 486 Å². The number of aromatic nitrogens is 4. The second kappa shape index (κ2) is 48.8. The molecule has 0 unspecified atom stereocenters. The molecule has 7 atom stereocenters. The first-order valence-corrected chi connectivity index (χ1v) is 43.0. The van der Waals surface area contributed by atoms with Crippen LogP contribution in [-0.2, 0) is 114 Å². The smallest absolute Gasteiger partial charge is 0.305 e. The van der Waals surface area contributed by atoms with Gasteiger partial charge in [-0.15, -0.1) is 0 Å². The highest BCUT2D eigenvalue weighted by Gasteiger charge is 2.48. The minimum atomic E-state index is -2.05. The van der Waals surface area contributed by atoms with Gasteiger partial charge in [0.2, 0.25) is 70.9 Å². The van der Waals surface area contributed by atoms with E-state index in [0.717, 1.165) is 17.2 Å². The number of aromatic amines is 3. The maximum absolute atomic E-state index is 15.2. The summed E-state index contributed by atoms with van der Waals surface area (Å²) in [6, 6.07) is 11.4. The molecule has 658 valence electrons. The number of halogens is 2. The number of H-pyrrole nitrogens is 3. The van der Waals surface area contributed by atoms with Gasteiger partial charge in [0.05, 0.1) is 51.4 Å². The average molecular weight is 1730 g/mol. The number of carboxylic acid groups (broad SMARTS) is 1. The van der Waals surface area contributed by atoms with Crippen molar-refractivity contribution >= 4 is 122 Å². The molecule has 0 saturated carbocycles. The Balaban J connectivity index is 0.923. The number of imidazole rings is 1. The lowest BCUT2D eigenvalue weighted by Gasteiger charge is -2.36. The normalized spacial score (nSPS) is 20.1. The molecule has 2 bridgehead atoms. The van der Waals surface area contributed by atoms with Gasteiger partial charge < -0.3 is 103 Å². The second-order valence-corrected chi connectivity index (χ2v) is 32.1. The van der Waals surface area contributed by atoms with Crippen molar-refractivity contribution in [2.75, 3.05) is 90.4 Å². The molecular weight excluding hydrogens is 1620 g/mol. The molecule has 9 rings (SSSR count). The highest BCUT2D eigenvalue weighted by Crippen LogP contribution is 2.32. The molecule has 34 nitrogen and oxygen atoms in total. The van der Waals surface area contributed by atoms with Crippen molar-refractivity contribution in [3.63, 3.8) is 0 Å². The van der Waals surface area contributed by atoms with Gasteiger partial charge in [-0.2, -0.15) is 23.5 Å². The quantitative estimate of drug-likeness (QED) is 0.0269. The Hall–Kier alpha value is -11.5. The number of phenols is 1. The van der Waals surface area contributed by atoms with Crippen LogP contribution in [0, 0.1) is 11.6 Å². The first kappa shape index (κ1) is 94.4. The number of amides is 12. The second-order valence-electron chi connectivity index (χ2n) is 29.9. The van der Waals surface area contributed by atoms with E-state index >= 15 is 28.0 Å². The third-order valence-electron chi connectivity index (χ3n) is 20.4. The van der Waals surface area contributed by atoms with Crippen LogP contribution < -0.4 is 58.5 Å². The predicted molar refractivity (Wildman–Crippen MR) is 450 cm³/mol. The third kappa shape index (κ3) is 30.9. The van der Waals surface area contributed by atoms with E-state index in [1.807, 2.05) is 24.3 Å². The number of aliphatic carboxylic acids is 1. The molecule has 7 aromatic rings. The Bertz CT molecular complexity index is 4710. The molecule has 12 amide bonds. The summed E-state index contributed by atoms with van der Waals surface area (Å²) in [7, 11) is 0. The summed E-state index contributed by atoms with van der Waals surface area (Å²) in [6.07, 6.45) is 5.27. The summed E-state index contributed by atoms with van der Waals surface area (Å²) in [4.78, 5) is 196. The number of hydrogen-bond acceptors (Lipinski definition) is 20. The van der Waals surface area contributed by atoms with E-state index < -0.39 is 144 Å². The Labute approximate surface area is 712 Å². The minimum Gasteiger partial charge on any atom is -0.508 e. The number of carboxylic acids is 1. The predicted octanol–water partition coefficient (Wildman–Crippen LogP) is 3.34. The summed E-state index contributed by atoms with van der Waals surface area (Å²) in [5, 5.41) is 50.8. The molecule has 0 spiro atoms. The molecule has 38 heteroatoms. The molecule has 122 heavy (non-hydrogen) atoms. The van der Waals surface area contributed by atoms with E-state index in [-0.39, 0.29) is 111 Å². The molecule has 0 aliphatic carbocycles. The van der Waals surface area contributed by atoms with Gasteiger partial charge in [0.25, 0.3) is 0 Å². The van der Waals surface area contributed by atoms with Gasteiger partial charge >= 0.3 is 5.97 Å². The van der Waals surface area contributed by atoms with Crippen molar-refractivity contribution in [3.05, 3.63) is 155 Å². The summed E-state index contributed by atoms with van der Waals surface area (Å²) >= 11 is 3.04.